The second kappa shape index (κ2) is 6.67. The Balaban J connectivity index is 3.19. The normalized spacial score (nSPS) is 12.8. The van der Waals surface area contributed by atoms with Crippen LogP contribution in [0.3, 0.4) is 0 Å². The number of halogens is 2. The maximum atomic E-state index is 13.8. The minimum atomic E-state index is -4.27. The molecule has 0 aromatic heterocycles. The summed E-state index contributed by atoms with van der Waals surface area (Å²) < 4.78 is 80.3. The van der Waals surface area contributed by atoms with Crippen LogP contribution in [0.4, 0.5) is 8.78 Å². The van der Waals surface area contributed by atoms with Crippen molar-refractivity contribution in [2.45, 2.75) is 11.5 Å². The predicted octanol–water partition coefficient (Wildman–Crippen LogP) is 0.720. The Labute approximate surface area is 127 Å². The van der Waals surface area contributed by atoms with E-state index in [0.29, 0.717) is 12.1 Å². The van der Waals surface area contributed by atoms with E-state index in [9.17, 15) is 25.6 Å². The molecule has 124 valence electrons. The number of hydrogen-bond donors (Lipinski definition) is 0. The van der Waals surface area contributed by atoms with E-state index < -0.39 is 48.8 Å². The average Bonchev–Trinajstić information content (AvgIpc) is 2.34. The third-order valence-electron chi connectivity index (χ3n) is 2.25. The molecule has 0 aliphatic carbocycles. The van der Waals surface area contributed by atoms with Crippen LogP contribution in [0, 0.1) is 11.6 Å². The summed E-state index contributed by atoms with van der Waals surface area (Å²) in [5.41, 5.74) is -0.694. The number of sulfonamides is 1. The molecule has 0 unspecified atom stereocenters. The Morgan fingerprint density at radius 1 is 1.18 bits per heavy atom. The number of nitrogens with zero attached hydrogens (tertiary/aromatic N) is 2. The van der Waals surface area contributed by atoms with Gasteiger partial charge in [0, 0.05) is 14.1 Å². The molecule has 0 amide bonds. The van der Waals surface area contributed by atoms with Crippen molar-refractivity contribution in [2.24, 2.45) is 4.40 Å². The SMILES string of the molecule is CN(C)/C=N/S(=O)(=O)c1cc(F)c(COS(C)(=O)=O)c(F)c1. The van der Waals surface area contributed by atoms with E-state index in [4.69, 9.17) is 0 Å². The van der Waals surface area contributed by atoms with Crippen LogP contribution in [-0.2, 0) is 30.9 Å². The molecule has 1 rings (SSSR count). The van der Waals surface area contributed by atoms with Gasteiger partial charge in [-0.25, -0.2) is 8.78 Å². The molecule has 0 atom stereocenters. The first kappa shape index (κ1) is 18.5. The van der Waals surface area contributed by atoms with Gasteiger partial charge in [0.2, 0.25) is 0 Å². The van der Waals surface area contributed by atoms with Crippen molar-refractivity contribution in [3.63, 3.8) is 0 Å². The third kappa shape index (κ3) is 5.31. The summed E-state index contributed by atoms with van der Waals surface area (Å²) in [5, 5.41) is 0. The average molecular weight is 356 g/mol. The molecule has 0 aliphatic heterocycles. The smallest absolute Gasteiger partial charge is 0.283 e. The highest BCUT2D eigenvalue weighted by Crippen LogP contribution is 2.21. The second-order valence-corrected chi connectivity index (χ2v) is 7.77. The Kier molecular flexibility index (Phi) is 5.59. The number of hydrogen-bond acceptors (Lipinski definition) is 5. The van der Waals surface area contributed by atoms with Gasteiger partial charge in [0.25, 0.3) is 20.1 Å². The Hall–Kier alpha value is -1.59. The molecule has 0 fully saturated rings. The maximum Gasteiger partial charge on any atom is 0.283 e. The zero-order valence-corrected chi connectivity index (χ0v) is 13.6. The lowest BCUT2D eigenvalue weighted by Crippen LogP contribution is -2.11. The zero-order chi connectivity index (χ0) is 17.1. The highest BCUT2D eigenvalue weighted by Gasteiger charge is 2.20. The standard InChI is InChI=1S/C11H14F2N2O5S2/c1-15(2)7-14-22(18,19)8-4-10(12)9(11(13)5-8)6-20-21(3,16)17/h4-5,7H,6H2,1-3H3/b14-7+. The van der Waals surface area contributed by atoms with E-state index in [-0.39, 0.29) is 0 Å². The molecule has 11 heteroatoms. The molecule has 22 heavy (non-hydrogen) atoms. The van der Waals surface area contributed by atoms with Crippen molar-refractivity contribution >= 4 is 26.5 Å². The first-order valence-electron chi connectivity index (χ1n) is 5.71. The summed E-state index contributed by atoms with van der Waals surface area (Å²) in [6, 6.07) is 1.10. The largest absolute Gasteiger partial charge is 0.368 e. The van der Waals surface area contributed by atoms with Gasteiger partial charge in [0.1, 0.15) is 18.0 Å². The van der Waals surface area contributed by atoms with Crippen LogP contribution in [0.5, 0.6) is 0 Å². The monoisotopic (exact) mass is 356 g/mol. The lowest BCUT2D eigenvalue weighted by molar-refractivity contribution is 0.298. The minimum absolute atomic E-state index is 0.548. The maximum absolute atomic E-state index is 13.8. The first-order chi connectivity index (χ1) is 9.92. The van der Waals surface area contributed by atoms with Crippen molar-refractivity contribution in [1.82, 2.24) is 4.90 Å². The minimum Gasteiger partial charge on any atom is -0.368 e. The second-order valence-electron chi connectivity index (χ2n) is 4.49. The summed E-state index contributed by atoms with van der Waals surface area (Å²) in [6.07, 6.45) is 1.68. The van der Waals surface area contributed by atoms with Crippen LogP contribution >= 0.6 is 0 Å². The fourth-order valence-electron chi connectivity index (χ4n) is 1.25. The molecule has 0 radical (unpaired) electrons. The highest BCUT2D eigenvalue weighted by molar-refractivity contribution is 7.90. The van der Waals surface area contributed by atoms with Gasteiger partial charge in [-0.15, -0.1) is 4.40 Å². The van der Waals surface area contributed by atoms with Crippen molar-refractivity contribution in [3.8, 4) is 0 Å². The summed E-state index contributed by atoms with van der Waals surface area (Å²) in [5.74, 6) is -2.50. The first-order valence-corrected chi connectivity index (χ1v) is 8.97. The van der Waals surface area contributed by atoms with Crippen molar-refractivity contribution in [1.29, 1.82) is 0 Å². The predicted molar refractivity (Wildman–Crippen MR) is 75.4 cm³/mol. The van der Waals surface area contributed by atoms with Crippen molar-refractivity contribution in [2.75, 3.05) is 20.4 Å². The Bertz CT molecular complexity index is 766. The van der Waals surface area contributed by atoms with Crippen LogP contribution in [0.1, 0.15) is 5.56 Å². The molecule has 0 saturated carbocycles. The van der Waals surface area contributed by atoms with Crippen LogP contribution in [-0.4, -0.2) is 48.4 Å². The lowest BCUT2D eigenvalue weighted by atomic mass is 10.2. The molecule has 1 aromatic carbocycles. The van der Waals surface area contributed by atoms with Crippen molar-refractivity contribution < 1.29 is 29.8 Å². The van der Waals surface area contributed by atoms with Gasteiger partial charge in [-0.3, -0.25) is 4.18 Å². The summed E-state index contributed by atoms with van der Waals surface area (Å²) in [6.45, 7) is -0.877. The van der Waals surface area contributed by atoms with Gasteiger partial charge in [0.05, 0.1) is 23.3 Å². The van der Waals surface area contributed by atoms with Gasteiger partial charge < -0.3 is 4.90 Å². The third-order valence-corrected chi connectivity index (χ3v) is 4.00. The zero-order valence-electron chi connectivity index (χ0n) is 11.9. The number of rotatable bonds is 6. The van der Waals surface area contributed by atoms with Gasteiger partial charge in [0.15, 0.2) is 0 Å². The van der Waals surface area contributed by atoms with Crippen molar-refractivity contribution in [3.05, 3.63) is 29.3 Å². The molecule has 0 saturated heterocycles. The van der Waals surface area contributed by atoms with E-state index in [1.165, 1.54) is 19.0 Å². The molecule has 0 aliphatic rings. The fraction of sp³-hybridized carbons (Fsp3) is 0.364. The molecule has 0 bridgehead atoms. The highest BCUT2D eigenvalue weighted by atomic mass is 32.2. The van der Waals surface area contributed by atoms with E-state index in [2.05, 4.69) is 8.58 Å². The summed E-state index contributed by atoms with van der Waals surface area (Å²) in [4.78, 5) is 0.641. The van der Waals surface area contributed by atoms with Gasteiger partial charge in [-0.05, 0) is 12.1 Å². The molecule has 0 spiro atoms. The Morgan fingerprint density at radius 2 is 1.68 bits per heavy atom. The van der Waals surface area contributed by atoms with Gasteiger partial charge >= 0.3 is 0 Å². The molecule has 7 nitrogen and oxygen atoms in total. The summed E-state index contributed by atoms with van der Waals surface area (Å²) >= 11 is 0. The van der Waals surface area contributed by atoms with E-state index >= 15 is 0 Å². The Morgan fingerprint density at radius 3 is 2.09 bits per heavy atom. The summed E-state index contributed by atoms with van der Waals surface area (Å²) in [7, 11) is -5.13. The quantitative estimate of drug-likeness (QED) is 0.424. The molecule has 1 aromatic rings. The van der Waals surface area contributed by atoms with E-state index in [1.54, 1.807) is 0 Å². The van der Waals surface area contributed by atoms with Crippen LogP contribution < -0.4 is 0 Å². The topological polar surface area (TPSA) is 93.1 Å². The number of benzene rings is 1. The molecule has 0 heterocycles. The van der Waals surface area contributed by atoms with Gasteiger partial charge in [-0.1, -0.05) is 0 Å². The fourth-order valence-corrected chi connectivity index (χ4v) is 2.52. The van der Waals surface area contributed by atoms with E-state index in [0.717, 1.165) is 12.6 Å². The lowest BCUT2D eigenvalue weighted by Gasteiger charge is -2.08. The van der Waals surface area contributed by atoms with E-state index in [1.807, 2.05) is 0 Å². The van der Waals surface area contributed by atoms with Crippen LogP contribution in [0.15, 0.2) is 21.4 Å². The van der Waals surface area contributed by atoms with Crippen LogP contribution in [0.25, 0.3) is 0 Å². The van der Waals surface area contributed by atoms with Gasteiger partial charge in [-0.2, -0.15) is 16.8 Å². The molecular weight excluding hydrogens is 342 g/mol. The molecular formula is C11H14F2N2O5S2. The molecule has 0 N–H and O–H groups in total. The van der Waals surface area contributed by atoms with Crippen LogP contribution in [0.2, 0.25) is 0 Å².